The average molecular weight is 284 g/mol. The fourth-order valence-electron chi connectivity index (χ4n) is 2.29. The summed E-state index contributed by atoms with van der Waals surface area (Å²) in [5.41, 5.74) is 2.80. The average Bonchev–Trinajstić information content (AvgIpc) is 2.95. The van der Waals surface area contributed by atoms with Gasteiger partial charge in [0, 0.05) is 12.5 Å². The van der Waals surface area contributed by atoms with Crippen LogP contribution >= 0.6 is 0 Å². The molecule has 1 amide bonds. The lowest BCUT2D eigenvalue weighted by molar-refractivity contribution is -0.115. The maximum absolute atomic E-state index is 12.0. The van der Waals surface area contributed by atoms with E-state index >= 15 is 0 Å². The van der Waals surface area contributed by atoms with Crippen molar-refractivity contribution in [2.24, 2.45) is 0 Å². The number of carbonyl (C=O) groups is 1. The van der Waals surface area contributed by atoms with E-state index in [4.69, 9.17) is 9.47 Å². The molecule has 0 atom stereocenters. The van der Waals surface area contributed by atoms with Gasteiger partial charge >= 0.3 is 0 Å². The molecule has 5 nitrogen and oxygen atoms in total. The number of anilines is 1. The van der Waals surface area contributed by atoms with E-state index in [0.717, 1.165) is 24.3 Å². The summed E-state index contributed by atoms with van der Waals surface area (Å²) in [6, 6.07) is 9.40. The van der Waals surface area contributed by atoms with E-state index in [1.807, 2.05) is 18.2 Å². The van der Waals surface area contributed by atoms with Crippen LogP contribution in [0.15, 0.2) is 36.5 Å². The summed E-state index contributed by atoms with van der Waals surface area (Å²) in [4.78, 5) is 16.1. The molecule has 0 bridgehead atoms. The summed E-state index contributed by atoms with van der Waals surface area (Å²) in [6.45, 7) is 0.725. The number of nitrogens with zero attached hydrogens (tertiary/aromatic N) is 1. The molecular formula is C16H16N2O3. The molecule has 3 rings (SSSR count). The van der Waals surface area contributed by atoms with Gasteiger partial charge in [-0.2, -0.15) is 0 Å². The third-order valence-electron chi connectivity index (χ3n) is 3.35. The van der Waals surface area contributed by atoms with Gasteiger partial charge in [-0.1, -0.05) is 12.1 Å². The van der Waals surface area contributed by atoms with Crippen LogP contribution in [-0.4, -0.2) is 24.6 Å². The summed E-state index contributed by atoms with van der Waals surface area (Å²) in [7, 11) is 1.55. The Morgan fingerprint density at radius 3 is 3.05 bits per heavy atom. The number of aromatic nitrogens is 1. The Bertz CT molecular complexity index is 653. The summed E-state index contributed by atoms with van der Waals surface area (Å²) < 4.78 is 10.5. The standard InChI is InChI=1S/C16H16N2O3/c1-20-16-5-4-13(10-17-16)18-15(19)9-11-2-3-12-6-7-21-14(12)8-11/h2-5,8,10H,6-7,9H2,1H3,(H,18,19). The van der Waals surface area contributed by atoms with Crippen LogP contribution in [-0.2, 0) is 17.6 Å². The zero-order chi connectivity index (χ0) is 14.7. The number of methoxy groups -OCH3 is 1. The van der Waals surface area contributed by atoms with Crippen LogP contribution in [0.25, 0.3) is 0 Å². The third-order valence-corrected chi connectivity index (χ3v) is 3.35. The van der Waals surface area contributed by atoms with Crippen LogP contribution in [0.5, 0.6) is 11.6 Å². The van der Waals surface area contributed by atoms with Crippen LogP contribution < -0.4 is 14.8 Å². The lowest BCUT2D eigenvalue weighted by Gasteiger charge is -2.07. The maximum atomic E-state index is 12.0. The second-order valence-electron chi connectivity index (χ2n) is 4.85. The van der Waals surface area contributed by atoms with E-state index in [1.54, 1.807) is 25.4 Å². The lowest BCUT2D eigenvalue weighted by atomic mass is 10.1. The van der Waals surface area contributed by atoms with Crippen molar-refractivity contribution >= 4 is 11.6 Å². The Kier molecular flexibility index (Phi) is 3.73. The van der Waals surface area contributed by atoms with Crippen molar-refractivity contribution in [3.8, 4) is 11.6 Å². The first-order valence-electron chi connectivity index (χ1n) is 6.79. The number of carbonyl (C=O) groups excluding carboxylic acids is 1. The SMILES string of the molecule is COc1ccc(NC(=O)Cc2ccc3c(c2)OCC3)cn1. The summed E-state index contributed by atoms with van der Waals surface area (Å²) in [5, 5.41) is 2.81. The van der Waals surface area contributed by atoms with Crippen molar-refractivity contribution < 1.29 is 14.3 Å². The number of hydrogen-bond acceptors (Lipinski definition) is 4. The molecule has 2 heterocycles. The van der Waals surface area contributed by atoms with Crippen molar-refractivity contribution in [2.45, 2.75) is 12.8 Å². The second-order valence-corrected chi connectivity index (χ2v) is 4.85. The zero-order valence-electron chi connectivity index (χ0n) is 11.8. The topological polar surface area (TPSA) is 60.5 Å². The highest BCUT2D eigenvalue weighted by molar-refractivity contribution is 5.92. The van der Waals surface area contributed by atoms with Gasteiger partial charge < -0.3 is 14.8 Å². The molecule has 0 saturated heterocycles. The number of fused-ring (bicyclic) bond motifs is 1. The highest BCUT2D eigenvalue weighted by Gasteiger charge is 2.13. The Morgan fingerprint density at radius 1 is 1.38 bits per heavy atom. The van der Waals surface area contributed by atoms with Crippen LogP contribution in [0.2, 0.25) is 0 Å². The Morgan fingerprint density at radius 2 is 2.29 bits per heavy atom. The van der Waals surface area contributed by atoms with E-state index in [1.165, 1.54) is 5.56 Å². The Hall–Kier alpha value is -2.56. The number of nitrogens with one attached hydrogen (secondary N) is 1. The highest BCUT2D eigenvalue weighted by Crippen LogP contribution is 2.26. The van der Waals surface area contributed by atoms with Gasteiger partial charge in [-0.15, -0.1) is 0 Å². The number of pyridine rings is 1. The smallest absolute Gasteiger partial charge is 0.228 e. The number of ether oxygens (including phenoxy) is 2. The van der Waals surface area contributed by atoms with Crippen LogP contribution in [0.4, 0.5) is 5.69 Å². The van der Waals surface area contributed by atoms with Gasteiger partial charge in [0.25, 0.3) is 0 Å². The first-order valence-corrected chi connectivity index (χ1v) is 6.79. The molecule has 1 aliphatic heterocycles. The van der Waals surface area contributed by atoms with E-state index in [2.05, 4.69) is 10.3 Å². The summed E-state index contributed by atoms with van der Waals surface area (Å²) >= 11 is 0. The molecule has 1 aromatic carbocycles. The lowest BCUT2D eigenvalue weighted by Crippen LogP contribution is -2.14. The number of hydrogen-bond donors (Lipinski definition) is 1. The minimum atomic E-state index is -0.0834. The van der Waals surface area contributed by atoms with Gasteiger partial charge in [0.2, 0.25) is 11.8 Å². The second kappa shape index (κ2) is 5.83. The van der Waals surface area contributed by atoms with Crippen molar-refractivity contribution in [1.29, 1.82) is 0 Å². The van der Waals surface area contributed by atoms with Crippen molar-refractivity contribution in [2.75, 3.05) is 19.0 Å². The minimum Gasteiger partial charge on any atom is -0.493 e. The molecule has 5 heteroatoms. The minimum absolute atomic E-state index is 0.0834. The third kappa shape index (κ3) is 3.13. The van der Waals surface area contributed by atoms with E-state index in [9.17, 15) is 4.79 Å². The molecule has 0 unspecified atom stereocenters. The summed E-state index contributed by atoms with van der Waals surface area (Å²) in [6.07, 6.45) is 2.82. The molecule has 21 heavy (non-hydrogen) atoms. The fraction of sp³-hybridized carbons (Fsp3) is 0.250. The molecule has 1 aliphatic rings. The molecule has 0 fully saturated rings. The number of amides is 1. The van der Waals surface area contributed by atoms with Crippen molar-refractivity contribution in [3.63, 3.8) is 0 Å². The zero-order valence-corrected chi connectivity index (χ0v) is 11.8. The Balaban J connectivity index is 1.63. The predicted octanol–water partition coefficient (Wildman–Crippen LogP) is 2.21. The van der Waals surface area contributed by atoms with Gasteiger partial charge in [-0.3, -0.25) is 4.79 Å². The molecular weight excluding hydrogens is 268 g/mol. The van der Waals surface area contributed by atoms with E-state index < -0.39 is 0 Å². The molecule has 0 saturated carbocycles. The maximum Gasteiger partial charge on any atom is 0.228 e. The Labute approximate surface area is 122 Å². The molecule has 108 valence electrons. The first kappa shape index (κ1) is 13.4. The molecule has 1 N–H and O–H groups in total. The summed E-state index contributed by atoms with van der Waals surface area (Å²) in [5.74, 6) is 1.33. The first-order chi connectivity index (χ1) is 10.2. The highest BCUT2D eigenvalue weighted by atomic mass is 16.5. The molecule has 0 spiro atoms. The van der Waals surface area contributed by atoms with E-state index in [-0.39, 0.29) is 5.91 Å². The van der Waals surface area contributed by atoms with Crippen molar-refractivity contribution in [3.05, 3.63) is 47.7 Å². The largest absolute Gasteiger partial charge is 0.493 e. The van der Waals surface area contributed by atoms with Gasteiger partial charge in [-0.05, 0) is 23.3 Å². The van der Waals surface area contributed by atoms with Gasteiger partial charge in [0.15, 0.2) is 0 Å². The predicted molar refractivity (Wildman–Crippen MR) is 78.8 cm³/mol. The number of rotatable bonds is 4. The van der Waals surface area contributed by atoms with Gasteiger partial charge in [0.05, 0.1) is 32.0 Å². The fourth-order valence-corrected chi connectivity index (χ4v) is 2.29. The number of benzene rings is 1. The van der Waals surface area contributed by atoms with Crippen LogP contribution in [0.3, 0.4) is 0 Å². The quantitative estimate of drug-likeness (QED) is 0.935. The van der Waals surface area contributed by atoms with E-state index in [0.29, 0.717) is 18.0 Å². The molecule has 2 aromatic rings. The van der Waals surface area contributed by atoms with Gasteiger partial charge in [0.1, 0.15) is 5.75 Å². The monoisotopic (exact) mass is 284 g/mol. The molecule has 1 aromatic heterocycles. The molecule has 0 radical (unpaired) electrons. The van der Waals surface area contributed by atoms with Crippen LogP contribution in [0.1, 0.15) is 11.1 Å². The molecule has 0 aliphatic carbocycles. The van der Waals surface area contributed by atoms with Crippen molar-refractivity contribution in [1.82, 2.24) is 4.98 Å². The van der Waals surface area contributed by atoms with Gasteiger partial charge in [-0.25, -0.2) is 4.98 Å². The van der Waals surface area contributed by atoms with Crippen LogP contribution in [0, 0.1) is 0 Å². The normalized spacial score (nSPS) is 12.4.